The van der Waals surface area contributed by atoms with Gasteiger partial charge in [-0.15, -0.1) is 0 Å². The van der Waals surface area contributed by atoms with Crippen molar-refractivity contribution in [2.45, 2.75) is 115 Å². The number of likely N-dealkylation sites (tertiary alicyclic amines) is 2. The van der Waals surface area contributed by atoms with Crippen molar-refractivity contribution in [2.24, 2.45) is 11.3 Å². The molecule has 272 valence electrons. The van der Waals surface area contributed by atoms with Gasteiger partial charge < -0.3 is 24.3 Å². The maximum Gasteiger partial charge on any atom is 0.252 e. The lowest BCUT2D eigenvalue weighted by Gasteiger charge is -2.43. The number of amides is 3. The molecular weight excluding hydrogens is 628 g/mol. The summed E-state index contributed by atoms with van der Waals surface area (Å²) < 4.78 is 35.3. The molecule has 1 saturated carbocycles. The summed E-state index contributed by atoms with van der Waals surface area (Å²) >= 11 is 0. The third-order valence-electron chi connectivity index (χ3n) is 12.2. The van der Waals surface area contributed by atoms with Gasteiger partial charge in [0.25, 0.3) is 5.91 Å². The topological polar surface area (TPSA) is 76.6 Å². The van der Waals surface area contributed by atoms with Crippen molar-refractivity contribution in [3.63, 3.8) is 0 Å². The maximum atomic E-state index is 15.4. The third kappa shape index (κ3) is 7.69. The van der Waals surface area contributed by atoms with Crippen LogP contribution in [0.2, 0.25) is 0 Å². The Hall–Kier alpha value is -2.63. The monoisotopic (exact) mass is 685 g/mol. The van der Waals surface area contributed by atoms with E-state index in [9.17, 15) is 18.8 Å². The number of hydrogen-bond acceptors (Lipinski definition) is 6. The summed E-state index contributed by atoms with van der Waals surface area (Å²) in [6, 6.07) is 2.59. The number of ether oxygens (including phenoxy) is 1. The fourth-order valence-electron chi connectivity index (χ4n) is 8.92. The zero-order valence-electron chi connectivity index (χ0n) is 30.4. The van der Waals surface area contributed by atoms with E-state index in [2.05, 4.69) is 44.4 Å². The SMILES string of the molecule is CN1CCN(C(=O)[C@H]2C[C@H](N(C(=O)[C@@H]3CCCO3)C3CCC(C)(C)CC3)CN2C(=O)[C@@H]2CN(C(C)(C)C)C[C@H]2c2ccc(F)cc2F)CC1. The van der Waals surface area contributed by atoms with Gasteiger partial charge >= 0.3 is 0 Å². The molecule has 6 rings (SSSR count). The Balaban J connectivity index is 1.34. The molecule has 9 nitrogen and oxygen atoms in total. The molecule has 5 fully saturated rings. The van der Waals surface area contributed by atoms with E-state index in [0.717, 1.165) is 51.3 Å². The van der Waals surface area contributed by atoms with Crippen molar-refractivity contribution >= 4 is 17.7 Å². The average molecular weight is 686 g/mol. The number of benzene rings is 1. The van der Waals surface area contributed by atoms with E-state index in [1.54, 1.807) is 4.90 Å². The lowest BCUT2D eigenvalue weighted by molar-refractivity contribution is -0.148. The van der Waals surface area contributed by atoms with Crippen LogP contribution in [0.15, 0.2) is 18.2 Å². The molecule has 1 aromatic rings. The number of carbonyl (C=O) groups excluding carboxylic acids is 3. The summed E-state index contributed by atoms with van der Waals surface area (Å²) in [5.74, 6) is -2.72. The fraction of sp³-hybridized carbons (Fsp3) is 0.763. The van der Waals surface area contributed by atoms with E-state index in [4.69, 9.17) is 4.74 Å². The van der Waals surface area contributed by atoms with Crippen LogP contribution < -0.4 is 0 Å². The Kier molecular flexibility index (Phi) is 10.5. The minimum atomic E-state index is -0.719. The standard InChI is InChI=1S/C38H57F2N5O4/c1-37(2,3)43-23-29(28-10-9-25(39)20-31(28)40)30(24-43)34(46)44-22-27(21-32(44)35(47)42-17-15-41(6)16-18-42)45(36(48)33-8-7-19-49-33)26-11-13-38(4,5)14-12-26/h9-10,20,26-27,29-30,32-33H,7-8,11-19,21-24H2,1-6H3/t27-,29-,30+,32+,33-/m0/s1. The summed E-state index contributed by atoms with van der Waals surface area (Å²) in [5.41, 5.74) is 0.244. The van der Waals surface area contributed by atoms with Gasteiger partial charge in [-0.2, -0.15) is 0 Å². The van der Waals surface area contributed by atoms with Gasteiger partial charge in [0.2, 0.25) is 11.8 Å². The van der Waals surface area contributed by atoms with Crippen molar-refractivity contribution in [3.8, 4) is 0 Å². The average Bonchev–Trinajstić information content (AvgIpc) is 3.82. The molecule has 4 saturated heterocycles. The van der Waals surface area contributed by atoms with Crippen molar-refractivity contribution < 1.29 is 27.9 Å². The van der Waals surface area contributed by atoms with Gasteiger partial charge in [-0.05, 0) is 89.8 Å². The molecule has 3 amide bonds. The first-order chi connectivity index (χ1) is 23.1. The van der Waals surface area contributed by atoms with Crippen LogP contribution in [0.3, 0.4) is 0 Å². The number of nitrogens with zero attached hydrogens (tertiary/aromatic N) is 5. The molecule has 0 N–H and O–H groups in total. The summed E-state index contributed by atoms with van der Waals surface area (Å²) in [7, 11) is 2.04. The number of piperazine rings is 1. The lowest BCUT2D eigenvalue weighted by Crippen LogP contribution is -2.54. The highest BCUT2D eigenvalue weighted by Crippen LogP contribution is 2.42. The van der Waals surface area contributed by atoms with Crippen molar-refractivity contribution in [2.75, 3.05) is 59.5 Å². The van der Waals surface area contributed by atoms with E-state index in [0.29, 0.717) is 51.2 Å². The highest BCUT2D eigenvalue weighted by Gasteiger charge is 2.52. The van der Waals surface area contributed by atoms with Crippen LogP contribution in [0.5, 0.6) is 0 Å². The molecule has 1 aliphatic carbocycles. The zero-order chi connectivity index (χ0) is 35.2. The molecule has 5 aliphatic rings. The van der Waals surface area contributed by atoms with E-state index < -0.39 is 35.6 Å². The molecule has 0 bridgehead atoms. The number of rotatable bonds is 6. The first kappa shape index (κ1) is 36.2. The Bertz CT molecular complexity index is 1380. The van der Waals surface area contributed by atoms with Crippen molar-refractivity contribution in [3.05, 3.63) is 35.4 Å². The van der Waals surface area contributed by atoms with Gasteiger partial charge in [0.05, 0.1) is 12.0 Å². The van der Waals surface area contributed by atoms with Crippen LogP contribution >= 0.6 is 0 Å². The van der Waals surface area contributed by atoms with Crippen LogP contribution in [0.4, 0.5) is 8.78 Å². The van der Waals surface area contributed by atoms with E-state index >= 15 is 4.39 Å². The van der Waals surface area contributed by atoms with Crippen molar-refractivity contribution in [1.82, 2.24) is 24.5 Å². The normalized spacial score (nSPS) is 30.2. The van der Waals surface area contributed by atoms with Crippen LogP contribution in [-0.2, 0) is 19.1 Å². The second kappa shape index (κ2) is 14.2. The summed E-state index contributed by atoms with van der Waals surface area (Å²) in [6.45, 7) is 15.1. The van der Waals surface area contributed by atoms with Gasteiger partial charge in [-0.25, -0.2) is 8.78 Å². The number of likely N-dealkylation sites (N-methyl/N-ethyl adjacent to an activating group) is 1. The maximum absolute atomic E-state index is 15.4. The van der Waals surface area contributed by atoms with Gasteiger partial charge in [0, 0.05) is 76.0 Å². The van der Waals surface area contributed by atoms with Crippen LogP contribution in [0.25, 0.3) is 0 Å². The quantitative estimate of drug-likeness (QED) is 0.440. The minimum absolute atomic E-state index is 0.0154. The molecule has 0 aromatic heterocycles. The second-order valence-corrected chi connectivity index (χ2v) is 17.1. The molecule has 11 heteroatoms. The number of halogens is 2. The predicted molar refractivity (Wildman–Crippen MR) is 184 cm³/mol. The largest absolute Gasteiger partial charge is 0.368 e. The van der Waals surface area contributed by atoms with Gasteiger partial charge in [-0.3, -0.25) is 19.3 Å². The van der Waals surface area contributed by atoms with Gasteiger partial charge in [-0.1, -0.05) is 19.9 Å². The molecule has 0 unspecified atom stereocenters. The smallest absolute Gasteiger partial charge is 0.252 e. The molecule has 0 radical (unpaired) electrons. The van der Waals surface area contributed by atoms with E-state index in [-0.39, 0.29) is 47.3 Å². The van der Waals surface area contributed by atoms with Gasteiger partial charge in [0.15, 0.2) is 0 Å². The van der Waals surface area contributed by atoms with Crippen LogP contribution in [0.1, 0.15) is 91.0 Å². The predicted octanol–water partition coefficient (Wildman–Crippen LogP) is 4.50. The summed E-state index contributed by atoms with van der Waals surface area (Å²) in [5, 5.41) is 0. The summed E-state index contributed by atoms with van der Waals surface area (Å²) in [4.78, 5) is 53.7. The molecular formula is C38H57F2N5O4. The molecule has 5 atom stereocenters. The van der Waals surface area contributed by atoms with E-state index in [1.165, 1.54) is 12.1 Å². The highest BCUT2D eigenvalue weighted by atomic mass is 19.1. The molecule has 1 aromatic carbocycles. The lowest BCUT2D eigenvalue weighted by atomic mass is 9.75. The van der Waals surface area contributed by atoms with E-state index in [1.807, 2.05) is 16.8 Å². The first-order valence-electron chi connectivity index (χ1n) is 18.5. The summed E-state index contributed by atoms with van der Waals surface area (Å²) in [6.07, 6.45) is 5.16. The van der Waals surface area contributed by atoms with Crippen LogP contribution in [-0.4, -0.2) is 131 Å². The third-order valence-corrected chi connectivity index (χ3v) is 12.2. The van der Waals surface area contributed by atoms with Crippen molar-refractivity contribution in [1.29, 1.82) is 0 Å². The van der Waals surface area contributed by atoms with Crippen LogP contribution in [0, 0.1) is 23.0 Å². The Morgan fingerprint density at radius 1 is 0.918 bits per heavy atom. The zero-order valence-corrected chi connectivity index (χ0v) is 30.4. The molecule has 4 aliphatic heterocycles. The molecule has 49 heavy (non-hydrogen) atoms. The fourth-order valence-corrected chi connectivity index (χ4v) is 8.92. The Morgan fingerprint density at radius 3 is 2.22 bits per heavy atom. The molecule has 0 spiro atoms. The number of hydrogen-bond donors (Lipinski definition) is 0. The minimum Gasteiger partial charge on any atom is -0.368 e. The van der Waals surface area contributed by atoms with Gasteiger partial charge in [0.1, 0.15) is 23.8 Å². The Labute approximate surface area is 291 Å². The highest BCUT2D eigenvalue weighted by molar-refractivity contribution is 5.91. The number of carbonyl (C=O) groups is 3. The first-order valence-corrected chi connectivity index (χ1v) is 18.5. The molecule has 4 heterocycles. The second-order valence-electron chi connectivity index (χ2n) is 17.1. The Morgan fingerprint density at radius 2 is 1.61 bits per heavy atom.